The molecule has 2 aliphatic heterocycles. The van der Waals surface area contributed by atoms with Gasteiger partial charge in [-0.2, -0.15) is 0 Å². The van der Waals surface area contributed by atoms with Crippen LogP contribution in [0.25, 0.3) is 0 Å². The van der Waals surface area contributed by atoms with Crippen molar-refractivity contribution in [2.24, 2.45) is 0 Å². The lowest BCUT2D eigenvalue weighted by atomic mass is 9.94. The first kappa shape index (κ1) is 21.6. The van der Waals surface area contributed by atoms with Crippen molar-refractivity contribution < 1.29 is 4.74 Å². The SMILES string of the molecule is CCOc1ccc(CN2CCCC(c3ccnc(SCCN4CCCC4)n3)C2)cc1. The van der Waals surface area contributed by atoms with Crippen molar-refractivity contribution >= 4 is 11.8 Å². The third-order valence-corrected chi connectivity index (χ3v) is 6.90. The number of rotatable bonds is 9. The molecule has 0 saturated carbocycles. The quantitative estimate of drug-likeness (QED) is 0.436. The van der Waals surface area contributed by atoms with Crippen molar-refractivity contribution in [2.75, 3.05) is 45.1 Å². The van der Waals surface area contributed by atoms with Gasteiger partial charge in [0.1, 0.15) is 5.75 Å². The topological polar surface area (TPSA) is 41.5 Å². The zero-order chi connectivity index (χ0) is 20.6. The molecule has 4 rings (SSSR count). The molecule has 2 aromatic rings. The van der Waals surface area contributed by atoms with Gasteiger partial charge in [0.15, 0.2) is 5.16 Å². The van der Waals surface area contributed by atoms with Crippen LogP contribution in [-0.4, -0.2) is 64.9 Å². The Morgan fingerprint density at radius 2 is 1.83 bits per heavy atom. The Labute approximate surface area is 185 Å². The van der Waals surface area contributed by atoms with Crippen LogP contribution in [0.5, 0.6) is 5.75 Å². The average Bonchev–Trinajstić information content (AvgIpc) is 3.29. The van der Waals surface area contributed by atoms with E-state index in [2.05, 4.69) is 45.1 Å². The van der Waals surface area contributed by atoms with E-state index >= 15 is 0 Å². The molecule has 0 amide bonds. The van der Waals surface area contributed by atoms with Crippen molar-refractivity contribution in [1.29, 1.82) is 0 Å². The molecule has 0 aliphatic carbocycles. The van der Waals surface area contributed by atoms with E-state index in [0.29, 0.717) is 12.5 Å². The summed E-state index contributed by atoms with van der Waals surface area (Å²) in [5, 5.41) is 0.940. The first-order chi connectivity index (χ1) is 14.8. The van der Waals surface area contributed by atoms with Crippen molar-refractivity contribution in [1.82, 2.24) is 19.8 Å². The minimum absolute atomic E-state index is 0.502. The van der Waals surface area contributed by atoms with Gasteiger partial charge >= 0.3 is 0 Å². The fourth-order valence-corrected chi connectivity index (χ4v) is 5.32. The maximum absolute atomic E-state index is 5.56. The Hall–Kier alpha value is -1.63. The van der Waals surface area contributed by atoms with Gasteiger partial charge in [-0.05, 0) is 76.0 Å². The molecule has 1 aromatic heterocycles. The smallest absolute Gasteiger partial charge is 0.187 e. The van der Waals surface area contributed by atoms with E-state index in [-0.39, 0.29) is 0 Å². The van der Waals surface area contributed by atoms with Gasteiger partial charge in [0, 0.05) is 43.2 Å². The van der Waals surface area contributed by atoms with Gasteiger partial charge in [-0.25, -0.2) is 9.97 Å². The fourth-order valence-electron chi connectivity index (χ4n) is 4.48. The van der Waals surface area contributed by atoms with E-state index in [1.165, 1.54) is 50.0 Å². The number of hydrogen-bond donors (Lipinski definition) is 0. The second-order valence-electron chi connectivity index (χ2n) is 8.31. The first-order valence-corrected chi connectivity index (χ1v) is 12.4. The number of aromatic nitrogens is 2. The number of ether oxygens (including phenoxy) is 1. The van der Waals surface area contributed by atoms with E-state index < -0.39 is 0 Å². The highest BCUT2D eigenvalue weighted by atomic mass is 32.2. The highest BCUT2D eigenvalue weighted by Gasteiger charge is 2.23. The number of hydrogen-bond acceptors (Lipinski definition) is 6. The summed E-state index contributed by atoms with van der Waals surface area (Å²) in [6.07, 6.45) is 7.10. The number of nitrogens with zero attached hydrogens (tertiary/aromatic N) is 4. The Morgan fingerprint density at radius 3 is 2.63 bits per heavy atom. The molecular weight excluding hydrogens is 392 g/mol. The molecule has 0 bridgehead atoms. The first-order valence-electron chi connectivity index (χ1n) is 11.4. The zero-order valence-corrected chi connectivity index (χ0v) is 18.9. The molecule has 3 heterocycles. The summed E-state index contributed by atoms with van der Waals surface area (Å²) in [7, 11) is 0. The zero-order valence-electron chi connectivity index (χ0n) is 18.1. The molecule has 0 radical (unpaired) electrons. The van der Waals surface area contributed by atoms with Crippen LogP contribution in [0.1, 0.15) is 49.8 Å². The van der Waals surface area contributed by atoms with Gasteiger partial charge in [-0.15, -0.1) is 0 Å². The van der Waals surface area contributed by atoms with Crippen molar-refractivity contribution in [3.63, 3.8) is 0 Å². The molecule has 2 aliphatic rings. The predicted molar refractivity (Wildman–Crippen MR) is 123 cm³/mol. The third-order valence-electron chi connectivity index (χ3n) is 6.06. The summed E-state index contributed by atoms with van der Waals surface area (Å²) >= 11 is 1.80. The summed E-state index contributed by atoms with van der Waals surface area (Å²) in [5.74, 6) is 2.54. The minimum atomic E-state index is 0.502. The van der Waals surface area contributed by atoms with Gasteiger partial charge in [-0.3, -0.25) is 4.90 Å². The van der Waals surface area contributed by atoms with Gasteiger partial charge in [0.05, 0.1) is 6.61 Å². The number of thioether (sulfide) groups is 1. The lowest BCUT2D eigenvalue weighted by molar-refractivity contribution is 0.198. The van der Waals surface area contributed by atoms with Crippen LogP contribution in [0.15, 0.2) is 41.7 Å². The normalized spacial score (nSPS) is 20.5. The molecule has 1 atom stereocenters. The lowest BCUT2D eigenvalue weighted by Gasteiger charge is -2.32. The number of piperidine rings is 1. The van der Waals surface area contributed by atoms with Crippen LogP contribution in [0.3, 0.4) is 0 Å². The fraction of sp³-hybridized carbons (Fsp3) is 0.583. The predicted octanol–water partition coefficient (Wildman–Crippen LogP) is 4.44. The van der Waals surface area contributed by atoms with Crippen molar-refractivity contribution in [2.45, 2.75) is 50.2 Å². The van der Waals surface area contributed by atoms with Gasteiger partial charge < -0.3 is 9.64 Å². The summed E-state index contributed by atoms with van der Waals surface area (Å²) in [5.41, 5.74) is 2.56. The third kappa shape index (κ3) is 6.19. The van der Waals surface area contributed by atoms with E-state index in [4.69, 9.17) is 9.72 Å². The second kappa shape index (κ2) is 11.1. The molecule has 1 aromatic carbocycles. The number of benzene rings is 1. The lowest BCUT2D eigenvalue weighted by Crippen LogP contribution is -2.34. The summed E-state index contributed by atoms with van der Waals surface area (Å²) < 4.78 is 5.56. The van der Waals surface area contributed by atoms with Gasteiger partial charge in [0.2, 0.25) is 0 Å². The molecule has 2 fully saturated rings. The molecule has 162 valence electrons. The van der Waals surface area contributed by atoms with Gasteiger partial charge in [-0.1, -0.05) is 23.9 Å². The van der Waals surface area contributed by atoms with Crippen LogP contribution >= 0.6 is 11.8 Å². The highest BCUT2D eigenvalue weighted by Crippen LogP contribution is 2.28. The van der Waals surface area contributed by atoms with Crippen LogP contribution in [0, 0.1) is 0 Å². The Bertz CT molecular complexity index is 779. The molecule has 30 heavy (non-hydrogen) atoms. The van der Waals surface area contributed by atoms with Crippen LogP contribution < -0.4 is 4.74 Å². The molecule has 2 saturated heterocycles. The van der Waals surface area contributed by atoms with E-state index in [1.807, 2.05) is 13.1 Å². The monoisotopic (exact) mass is 426 g/mol. The molecule has 6 heteroatoms. The molecule has 5 nitrogen and oxygen atoms in total. The summed E-state index contributed by atoms with van der Waals surface area (Å²) in [4.78, 5) is 14.6. The number of likely N-dealkylation sites (tertiary alicyclic amines) is 2. The highest BCUT2D eigenvalue weighted by molar-refractivity contribution is 7.99. The van der Waals surface area contributed by atoms with Crippen molar-refractivity contribution in [3.05, 3.63) is 47.8 Å². The largest absolute Gasteiger partial charge is 0.494 e. The molecule has 1 unspecified atom stereocenters. The van der Waals surface area contributed by atoms with Gasteiger partial charge in [0.25, 0.3) is 0 Å². The maximum atomic E-state index is 5.56. The van der Waals surface area contributed by atoms with E-state index in [1.54, 1.807) is 11.8 Å². The minimum Gasteiger partial charge on any atom is -0.494 e. The maximum Gasteiger partial charge on any atom is 0.187 e. The van der Waals surface area contributed by atoms with E-state index in [9.17, 15) is 0 Å². The summed E-state index contributed by atoms with van der Waals surface area (Å²) in [6.45, 7) is 9.62. The summed E-state index contributed by atoms with van der Waals surface area (Å²) in [6, 6.07) is 10.7. The van der Waals surface area contributed by atoms with E-state index in [0.717, 1.165) is 42.8 Å². The second-order valence-corrected chi connectivity index (χ2v) is 9.37. The van der Waals surface area contributed by atoms with Crippen LogP contribution in [-0.2, 0) is 6.54 Å². The van der Waals surface area contributed by atoms with Crippen LogP contribution in [0.2, 0.25) is 0 Å². The average molecular weight is 427 g/mol. The Morgan fingerprint density at radius 1 is 1.03 bits per heavy atom. The van der Waals surface area contributed by atoms with Crippen molar-refractivity contribution in [3.8, 4) is 5.75 Å². The standard InChI is InChI=1S/C24H34N4OS/c1-2-29-22-9-7-20(8-10-22)18-28-15-5-6-21(19-28)23-11-12-25-24(26-23)30-17-16-27-13-3-4-14-27/h7-12,21H,2-6,13-19H2,1H3. The molecular formula is C24H34N4OS. The van der Waals surface area contributed by atoms with Crippen LogP contribution in [0.4, 0.5) is 0 Å². The molecule has 0 spiro atoms. The Balaban J connectivity index is 1.30. The molecule has 0 N–H and O–H groups in total. The Kier molecular flexibility index (Phi) is 8.01.